The molecule has 0 spiro atoms. The first-order valence-corrected chi connectivity index (χ1v) is 5.54. The lowest BCUT2D eigenvalue weighted by atomic mass is 9.96. The van der Waals surface area contributed by atoms with E-state index in [9.17, 15) is 9.90 Å². The van der Waals surface area contributed by atoms with Crippen molar-refractivity contribution < 1.29 is 9.90 Å². The summed E-state index contributed by atoms with van der Waals surface area (Å²) < 4.78 is 0. The van der Waals surface area contributed by atoms with Gasteiger partial charge in [-0.15, -0.1) is 0 Å². The van der Waals surface area contributed by atoms with Crippen molar-refractivity contribution in [1.29, 1.82) is 0 Å². The van der Waals surface area contributed by atoms with Crippen molar-refractivity contribution >= 4 is 5.91 Å². The molecule has 1 atom stereocenters. The van der Waals surface area contributed by atoms with Gasteiger partial charge in [0, 0.05) is 13.0 Å². The van der Waals surface area contributed by atoms with Gasteiger partial charge in [0.2, 0.25) is 5.91 Å². The van der Waals surface area contributed by atoms with Crippen LogP contribution in [0.1, 0.15) is 26.3 Å². The van der Waals surface area contributed by atoms with E-state index in [1.54, 1.807) is 12.1 Å². The number of amides is 1. The molecule has 1 amide bonds. The molecule has 0 saturated carbocycles. The van der Waals surface area contributed by atoms with Gasteiger partial charge in [-0.05, 0) is 30.0 Å². The molecule has 0 fully saturated rings. The summed E-state index contributed by atoms with van der Waals surface area (Å²) in [6.45, 7) is 5.70. The number of phenols is 1. The van der Waals surface area contributed by atoms with Gasteiger partial charge in [-0.25, -0.2) is 0 Å². The van der Waals surface area contributed by atoms with E-state index >= 15 is 0 Å². The molecule has 3 heteroatoms. The van der Waals surface area contributed by atoms with Crippen molar-refractivity contribution in [1.82, 2.24) is 5.32 Å². The van der Waals surface area contributed by atoms with Gasteiger partial charge in [-0.3, -0.25) is 4.79 Å². The number of carbonyl (C=O) groups is 1. The molecule has 0 saturated heterocycles. The predicted octanol–water partition coefficient (Wildman–Crippen LogP) is 2.10. The molecule has 88 valence electrons. The van der Waals surface area contributed by atoms with E-state index in [2.05, 4.69) is 19.2 Å². The van der Waals surface area contributed by atoms with Crippen LogP contribution < -0.4 is 5.32 Å². The lowest BCUT2D eigenvalue weighted by Gasteiger charge is -2.21. The number of hydrogen-bond donors (Lipinski definition) is 2. The molecule has 0 aliphatic heterocycles. The molecule has 16 heavy (non-hydrogen) atoms. The average Bonchev–Trinajstić information content (AvgIpc) is 2.19. The molecule has 0 aliphatic carbocycles. The maximum absolute atomic E-state index is 11.1. The Bertz CT molecular complexity index is 343. The van der Waals surface area contributed by atoms with Crippen LogP contribution in [-0.4, -0.2) is 17.1 Å². The maximum atomic E-state index is 11.1. The number of rotatable bonds is 4. The third-order valence-electron chi connectivity index (χ3n) is 2.59. The van der Waals surface area contributed by atoms with Crippen LogP contribution >= 0.6 is 0 Å². The van der Waals surface area contributed by atoms with Crippen molar-refractivity contribution in [3.8, 4) is 5.75 Å². The minimum Gasteiger partial charge on any atom is -0.508 e. The quantitative estimate of drug-likeness (QED) is 0.818. The SMILES string of the molecule is CC(=O)NC(Cc1ccc(O)cc1)C(C)C. The van der Waals surface area contributed by atoms with Crippen molar-refractivity contribution in [3.05, 3.63) is 29.8 Å². The molecular formula is C13H19NO2. The van der Waals surface area contributed by atoms with Crippen LogP contribution in [0.5, 0.6) is 5.75 Å². The number of nitrogens with one attached hydrogen (secondary N) is 1. The Labute approximate surface area is 96.5 Å². The molecule has 1 unspecified atom stereocenters. The van der Waals surface area contributed by atoms with Gasteiger partial charge in [-0.1, -0.05) is 26.0 Å². The number of hydrogen-bond acceptors (Lipinski definition) is 2. The average molecular weight is 221 g/mol. The second kappa shape index (κ2) is 5.54. The summed E-state index contributed by atoms with van der Waals surface area (Å²) in [5.41, 5.74) is 1.12. The fourth-order valence-electron chi connectivity index (χ4n) is 1.60. The number of benzene rings is 1. The van der Waals surface area contributed by atoms with E-state index in [0.717, 1.165) is 12.0 Å². The van der Waals surface area contributed by atoms with E-state index < -0.39 is 0 Å². The summed E-state index contributed by atoms with van der Waals surface area (Å²) in [6, 6.07) is 7.24. The topological polar surface area (TPSA) is 49.3 Å². The molecule has 1 rings (SSSR count). The predicted molar refractivity (Wildman–Crippen MR) is 64.3 cm³/mol. The van der Waals surface area contributed by atoms with E-state index in [1.165, 1.54) is 6.92 Å². The van der Waals surface area contributed by atoms with Crippen molar-refractivity contribution in [2.45, 2.75) is 33.2 Å². The van der Waals surface area contributed by atoms with Gasteiger partial charge < -0.3 is 10.4 Å². The van der Waals surface area contributed by atoms with E-state index in [4.69, 9.17) is 0 Å². The molecule has 1 aromatic rings. The molecule has 0 bridgehead atoms. The summed E-state index contributed by atoms with van der Waals surface area (Å²) in [4.78, 5) is 11.1. The van der Waals surface area contributed by atoms with Gasteiger partial charge in [0.05, 0.1) is 0 Å². The second-order valence-corrected chi connectivity index (χ2v) is 4.42. The maximum Gasteiger partial charge on any atom is 0.217 e. The number of carbonyl (C=O) groups excluding carboxylic acids is 1. The molecule has 0 radical (unpaired) electrons. The Morgan fingerprint density at radius 1 is 1.31 bits per heavy atom. The Hall–Kier alpha value is -1.51. The number of phenolic OH excluding ortho intramolecular Hbond substituents is 1. The zero-order valence-corrected chi connectivity index (χ0v) is 10.0. The molecule has 0 heterocycles. The lowest BCUT2D eigenvalue weighted by Crippen LogP contribution is -2.38. The minimum atomic E-state index is -0.00233. The monoisotopic (exact) mass is 221 g/mol. The highest BCUT2D eigenvalue weighted by Crippen LogP contribution is 2.14. The van der Waals surface area contributed by atoms with Gasteiger partial charge in [-0.2, -0.15) is 0 Å². The fraction of sp³-hybridized carbons (Fsp3) is 0.462. The third-order valence-corrected chi connectivity index (χ3v) is 2.59. The Morgan fingerprint density at radius 2 is 1.88 bits per heavy atom. The first-order valence-electron chi connectivity index (χ1n) is 5.54. The molecule has 2 N–H and O–H groups in total. The largest absolute Gasteiger partial charge is 0.508 e. The van der Waals surface area contributed by atoms with E-state index in [0.29, 0.717) is 5.92 Å². The first kappa shape index (κ1) is 12.6. The highest BCUT2D eigenvalue weighted by molar-refractivity contribution is 5.73. The molecule has 0 aromatic heterocycles. The van der Waals surface area contributed by atoms with Crippen LogP contribution in [0.4, 0.5) is 0 Å². The molecular weight excluding hydrogens is 202 g/mol. The highest BCUT2D eigenvalue weighted by Gasteiger charge is 2.14. The number of aromatic hydroxyl groups is 1. The van der Waals surface area contributed by atoms with Crippen LogP contribution in [0, 0.1) is 5.92 Å². The summed E-state index contributed by atoms with van der Waals surface area (Å²) in [7, 11) is 0. The van der Waals surface area contributed by atoms with Crippen LogP contribution in [0.25, 0.3) is 0 Å². The molecule has 3 nitrogen and oxygen atoms in total. The van der Waals surface area contributed by atoms with Crippen molar-refractivity contribution in [2.24, 2.45) is 5.92 Å². The Kier molecular flexibility index (Phi) is 4.35. The smallest absolute Gasteiger partial charge is 0.217 e. The van der Waals surface area contributed by atoms with Crippen LogP contribution in [0.15, 0.2) is 24.3 Å². The van der Waals surface area contributed by atoms with Crippen LogP contribution in [0.3, 0.4) is 0 Å². The second-order valence-electron chi connectivity index (χ2n) is 4.42. The van der Waals surface area contributed by atoms with E-state index in [1.807, 2.05) is 12.1 Å². The summed E-state index contributed by atoms with van der Waals surface area (Å²) >= 11 is 0. The third kappa shape index (κ3) is 3.93. The van der Waals surface area contributed by atoms with Crippen molar-refractivity contribution in [3.63, 3.8) is 0 Å². The lowest BCUT2D eigenvalue weighted by molar-refractivity contribution is -0.119. The zero-order valence-electron chi connectivity index (χ0n) is 10.0. The Balaban J connectivity index is 2.67. The van der Waals surface area contributed by atoms with Gasteiger partial charge in [0.25, 0.3) is 0 Å². The highest BCUT2D eigenvalue weighted by atomic mass is 16.3. The normalized spacial score (nSPS) is 12.5. The van der Waals surface area contributed by atoms with Crippen LogP contribution in [0.2, 0.25) is 0 Å². The van der Waals surface area contributed by atoms with E-state index in [-0.39, 0.29) is 17.7 Å². The van der Waals surface area contributed by atoms with Gasteiger partial charge in [0.15, 0.2) is 0 Å². The molecule has 0 aliphatic rings. The molecule has 1 aromatic carbocycles. The minimum absolute atomic E-state index is 0.00233. The summed E-state index contributed by atoms with van der Waals surface area (Å²) in [5, 5.41) is 12.1. The first-order chi connectivity index (χ1) is 7.49. The summed E-state index contributed by atoms with van der Waals surface area (Å²) in [5.74, 6) is 0.652. The Morgan fingerprint density at radius 3 is 2.31 bits per heavy atom. The van der Waals surface area contributed by atoms with Gasteiger partial charge in [0.1, 0.15) is 5.75 Å². The van der Waals surface area contributed by atoms with Crippen LogP contribution in [-0.2, 0) is 11.2 Å². The van der Waals surface area contributed by atoms with Crippen molar-refractivity contribution in [2.75, 3.05) is 0 Å². The van der Waals surface area contributed by atoms with Gasteiger partial charge >= 0.3 is 0 Å². The standard InChI is InChI=1S/C13H19NO2/c1-9(2)13(14-10(3)15)8-11-4-6-12(16)7-5-11/h4-7,9,13,16H,8H2,1-3H3,(H,14,15). The fourth-order valence-corrected chi connectivity index (χ4v) is 1.60. The summed E-state index contributed by atoms with van der Waals surface area (Å²) in [6.07, 6.45) is 0.789. The zero-order chi connectivity index (χ0) is 12.1.